The number of nitrogens with one attached hydrogen (secondary N) is 2. The molecule has 2 heterocycles. The maximum atomic E-state index is 6.26. The molecule has 0 bridgehead atoms. The minimum absolute atomic E-state index is 0. The van der Waals surface area contributed by atoms with Crippen LogP contribution in [0.15, 0.2) is 40.9 Å². The monoisotopic (exact) mass is 451 g/mol. The Kier molecular flexibility index (Phi) is 6.19. The Morgan fingerprint density at radius 2 is 2.11 bits per heavy atom. The lowest BCUT2D eigenvalue weighted by atomic mass is 10.0. The molecule has 7 heteroatoms. The first-order valence-electron chi connectivity index (χ1n) is 8.53. The zero-order chi connectivity index (χ0) is 18.1. The van der Waals surface area contributed by atoms with E-state index in [1.807, 2.05) is 24.3 Å². The van der Waals surface area contributed by atoms with Crippen molar-refractivity contribution >= 4 is 44.1 Å². The van der Waals surface area contributed by atoms with Crippen LogP contribution in [-0.4, -0.2) is 18.6 Å². The van der Waals surface area contributed by atoms with Gasteiger partial charge in [0.25, 0.3) is 0 Å². The van der Waals surface area contributed by atoms with Crippen LogP contribution in [0, 0.1) is 0 Å². The number of methoxy groups -OCH3 is 1. The van der Waals surface area contributed by atoms with Crippen molar-refractivity contribution in [3.05, 3.63) is 62.7 Å². The van der Waals surface area contributed by atoms with E-state index in [1.54, 1.807) is 7.11 Å². The van der Waals surface area contributed by atoms with Crippen molar-refractivity contribution in [1.29, 1.82) is 0 Å². The third kappa shape index (κ3) is 4.03. The molecule has 0 saturated carbocycles. The van der Waals surface area contributed by atoms with Gasteiger partial charge in [0.1, 0.15) is 5.75 Å². The van der Waals surface area contributed by atoms with Crippen LogP contribution in [0.5, 0.6) is 5.75 Å². The minimum atomic E-state index is 0. The highest BCUT2D eigenvalue weighted by Crippen LogP contribution is 2.33. The van der Waals surface area contributed by atoms with Crippen molar-refractivity contribution in [2.75, 3.05) is 19.0 Å². The van der Waals surface area contributed by atoms with E-state index in [0.717, 1.165) is 46.1 Å². The Morgan fingerprint density at radius 1 is 1.26 bits per heavy atom. The van der Waals surface area contributed by atoms with Crippen LogP contribution in [0.1, 0.15) is 16.8 Å². The smallest absolute Gasteiger partial charge is 0.137 e. The van der Waals surface area contributed by atoms with Crippen LogP contribution in [-0.2, 0) is 19.5 Å². The maximum Gasteiger partial charge on any atom is 0.137 e. The number of rotatable bonds is 4. The van der Waals surface area contributed by atoms with Gasteiger partial charge in [0.15, 0.2) is 0 Å². The van der Waals surface area contributed by atoms with Crippen LogP contribution in [0.2, 0.25) is 5.02 Å². The number of benzene rings is 2. The zero-order valence-electron chi connectivity index (χ0n) is 14.8. The van der Waals surface area contributed by atoms with Gasteiger partial charge in [-0.2, -0.15) is 0 Å². The van der Waals surface area contributed by atoms with E-state index < -0.39 is 0 Å². The quantitative estimate of drug-likeness (QED) is 0.580. The second kappa shape index (κ2) is 8.42. The molecular weight excluding hydrogens is 433 g/mol. The molecule has 0 amide bonds. The van der Waals surface area contributed by atoms with E-state index in [9.17, 15) is 0 Å². The Balaban J connectivity index is 0.00000210. The minimum Gasteiger partial charge on any atom is -0.495 e. The number of pyridine rings is 1. The first kappa shape index (κ1) is 19.9. The normalized spacial score (nSPS) is 13.0. The molecule has 0 atom stereocenters. The average Bonchev–Trinajstić information content (AvgIpc) is 2.65. The number of anilines is 1. The lowest BCUT2D eigenvalue weighted by Gasteiger charge is -2.22. The first-order chi connectivity index (χ1) is 12.7. The average molecular weight is 453 g/mol. The second-order valence-electron chi connectivity index (χ2n) is 6.32. The van der Waals surface area contributed by atoms with Gasteiger partial charge in [-0.15, -0.1) is 0 Å². The van der Waals surface area contributed by atoms with Crippen molar-refractivity contribution in [3.8, 4) is 5.75 Å². The number of aromatic nitrogens is 1. The predicted molar refractivity (Wildman–Crippen MR) is 113 cm³/mol. The molecule has 0 fully saturated rings. The van der Waals surface area contributed by atoms with Crippen LogP contribution in [0.25, 0.3) is 10.9 Å². The molecule has 3 aromatic rings. The summed E-state index contributed by atoms with van der Waals surface area (Å²) < 4.78 is 6.28. The number of hydrogen-bond acceptors (Lipinski definition) is 4. The molecule has 0 radical (unpaired) electrons. The summed E-state index contributed by atoms with van der Waals surface area (Å²) in [7, 11) is 1.62. The summed E-state index contributed by atoms with van der Waals surface area (Å²) >= 11 is 9.85. The summed E-state index contributed by atoms with van der Waals surface area (Å²) in [6, 6.07) is 12.1. The summed E-state index contributed by atoms with van der Waals surface area (Å²) in [5.74, 6) is 0.690. The highest BCUT2D eigenvalue weighted by molar-refractivity contribution is 9.10. The summed E-state index contributed by atoms with van der Waals surface area (Å²) in [5.41, 5.74) is 5.69. The Labute approximate surface area is 170 Å². The van der Waals surface area contributed by atoms with Gasteiger partial charge in [-0.25, -0.2) is 0 Å². The number of ether oxygens (including phenoxy) is 1. The van der Waals surface area contributed by atoms with E-state index in [0.29, 0.717) is 17.3 Å². The SMILES string of the molecule is COc1ccc(CNc2c3c(nc4ccc(Br)cc24)CCNC3)cc1Cl.F. The van der Waals surface area contributed by atoms with Crippen molar-refractivity contribution in [1.82, 2.24) is 10.3 Å². The van der Waals surface area contributed by atoms with Crippen LogP contribution < -0.4 is 15.4 Å². The van der Waals surface area contributed by atoms with E-state index in [1.165, 1.54) is 11.3 Å². The standard InChI is InChI=1S/C20H19BrClN3O.FH/c1-26-19-5-2-12(8-16(19)22)10-24-20-14-9-13(21)3-4-17(14)25-18-6-7-23-11-15(18)20;/h2-5,8-9,23H,6-7,10-11H2,1H3,(H,24,25);1H. The fourth-order valence-electron chi connectivity index (χ4n) is 3.36. The number of halogens is 3. The summed E-state index contributed by atoms with van der Waals surface area (Å²) in [4.78, 5) is 4.87. The molecule has 1 aliphatic heterocycles. The van der Waals surface area contributed by atoms with E-state index >= 15 is 0 Å². The van der Waals surface area contributed by atoms with E-state index in [-0.39, 0.29) is 4.70 Å². The van der Waals surface area contributed by atoms with Gasteiger partial charge in [-0.1, -0.05) is 33.6 Å². The topological polar surface area (TPSA) is 46.2 Å². The van der Waals surface area contributed by atoms with Gasteiger partial charge in [0.05, 0.1) is 23.3 Å². The summed E-state index contributed by atoms with van der Waals surface area (Å²) in [5, 5.41) is 8.83. The third-order valence-electron chi connectivity index (χ3n) is 4.66. The van der Waals surface area contributed by atoms with Crippen LogP contribution >= 0.6 is 27.5 Å². The molecule has 0 spiro atoms. The molecule has 0 saturated heterocycles. The highest BCUT2D eigenvalue weighted by Gasteiger charge is 2.18. The van der Waals surface area contributed by atoms with Crippen molar-refractivity contribution in [2.45, 2.75) is 19.5 Å². The molecule has 4 rings (SSSR count). The molecule has 4 nitrogen and oxygen atoms in total. The van der Waals surface area contributed by atoms with Crippen molar-refractivity contribution < 1.29 is 9.44 Å². The molecule has 27 heavy (non-hydrogen) atoms. The summed E-state index contributed by atoms with van der Waals surface area (Å²) in [6.45, 7) is 2.48. The molecule has 2 aromatic carbocycles. The van der Waals surface area contributed by atoms with Crippen molar-refractivity contribution in [2.24, 2.45) is 0 Å². The number of hydrogen-bond donors (Lipinski definition) is 2. The molecule has 142 valence electrons. The van der Waals surface area contributed by atoms with Gasteiger partial charge in [-0.05, 0) is 35.9 Å². The lowest BCUT2D eigenvalue weighted by Crippen LogP contribution is -2.26. The molecule has 1 aromatic heterocycles. The first-order valence-corrected chi connectivity index (χ1v) is 9.71. The molecule has 1 aliphatic rings. The van der Waals surface area contributed by atoms with Gasteiger partial charge >= 0.3 is 0 Å². The Bertz CT molecular complexity index is 983. The second-order valence-corrected chi connectivity index (χ2v) is 7.65. The van der Waals surface area contributed by atoms with E-state index in [2.05, 4.69) is 38.7 Å². The van der Waals surface area contributed by atoms with Gasteiger partial charge in [-0.3, -0.25) is 9.69 Å². The summed E-state index contributed by atoms with van der Waals surface area (Å²) in [6.07, 6.45) is 0.949. The highest BCUT2D eigenvalue weighted by atomic mass is 79.9. The number of fused-ring (bicyclic) bond motifs is 2. The maximum absolute atomic E-state index is 6.26. The van der Waals surface area contributed by atoms with Gasteiger partial charge < -0.3 is 15.4 Å². The zero-order valence-corrected chi connectivity index (χ0v) is 17.2. The third-order valence-corrected chi connectivity index (χ3v) is 5.45. The molecule has 2 N–H and O–H groups in total. The molecule has 0 unspecified atom stereocenters. The van der Waals surface area contributed by atoms with Crippen molar-refractivity contribution in [3.63, 3.8) is 0 Å². The Morgan fingerprint density at radius 3 is 2.89 bits per heavy atom. The van der Waals surface area contributed by atoms with E-state index in [4.69, 9.17) is 21.3 Å². The molecular formula is C20H20BrClFN3O. The van der Waals surface area contributed by atoms with Gasteiger partial charge in [0.2, 0.25) is 0 Å². The van der Waals surface area contributed by atoms with Crippen LogP contribution in [0.4, 0.5) is 10.4 Å². The molecule has 0 aliphatic carbocycles. The Hall–Kier alpha value is -1.89. The fourth-order valence-corrected chi connectivity index (χ4v) is 4.00. The predicted octanol–water partition coefficient (Wildman–Crippen LogP) is 5.07. The van der Waals surface area contributed by atoms with Crippen LogP contribution in [0.3, 0.4) is 0 Å². The largest absolute Gasteiger partial charge is 0.495 e. The fraction of sp³-hybridized carbons (Fsp3) is 0.250. The number of nitrogens with zero attached hydrogens (tertiary/aromatic N) is 1. The lowest BCUT2D eigenvalue weighted by molar-refractivity contribution is 0.415. The van der Waals surface area contributed by atoms with Gasteiger partial charge in [0, 0.05) is 47.2 Å².